The number of nitrogens with one attached hydrogen (secondary N) is 2. The summed E-state index contributed by atoms with van der Waals surface area (Å²) in [5.74, 6) is -1.83. The van der Waals surface area contributed by atoms with E-state index >= 15 is 0 Å². The van der Waals surface area contributed by atoms with Gasteiger partial charge in [-0.2, -0.15) is 0 Å². The molecule has 0 saturated carbocycles. The molecule has 16 heavy (non-hydrogen) atoms. The molecule has 0 aromatic rings. The standard InChI is InChI=1S/C8H16N4O4/c9-3-4-11-8(16)12-5(7(14)15)1-2-6(10)13/h5H,1-4,9H2,(H2,10,13)(H,14,15)(H2,11,12,16)/t5-/m0/s1. The number of carbonyl (C=O) groups is 3. The summed E-state index contributed by atoms with van der Waals surface area (Å²) < 4.78 is 0. The second-order valence-corrected chi connectivity index (χ2v) is 3.08. The molecular weight excluding hydrogens is 216 g/mol. The van der Waals surface area contributed by atoms with Crippen LogP contribution in [0.1, 0.15) is 12.8 Å². The first-order valence-electron chi connectivity index (χ1n) is 4.73. The van der Waals surface area contributed by atoms with E-state index in [0.29, 0.717) is 0 Å². The highest BCUT2D eigenvalue weighted by atomic mass is 16.4. The lowest BCUT2D eigenvalue weighted by molar-refractivity contribution is -0.139. The maximum absolute atomic E-state index is 11.1. The molecule has 0 unspecified atom stereocenters. The van der Waals surface area contributed by atoms with E-state index in [-0.39, 0.29) is 25.9 Å². The van der Waals surface area contributed by atoms with Crippen LogP contribution in [0.5, 0.6) is 0 Å². The largest absolute Gasteiger partial charge is 0.480 e. The molecule has 8 heteroatoms. The van der Waals surface area contributed by atoms with Crippen molar-refractivity contribution < 1.29 is 19.5 Å². The minimum Gasteiger partial charge on any atom is -0.480 e. The molecule has 8 nitrogen and oxygen atoms in total. The van der Waals surface area contributed by atoms with E-state index in [2.05, 4.69) is 10.6 Å². The first-order chi connectivity index (χ1) is 7.47. The molecule has 1 atom stereocenters. The van der Waals surface area contributed by atoms with Crippen LogP contribution in [0.15, 0.2) is 0 Å². The molecule has 0 aliphatic heterocycles. The van der Waals surface area contributed by atoms with E-state index in [4.69, 9.17) is 16.6 Å². The molecule has 0 rings (SSSR count). The fourth-order valence-corrected chi connectivity index (χ4v) is 0.939. The molecule has 7 N–H and O–H groups in total. The Morgan fingerprint density at radius 2 is 1.94 bits per heavy atom. The lowest BCUT2D eigenvalue weighted by Crippen LogP contribution is -2.47. The van der Waals surface area contributed by atoms with Crippen LogP contribution < -0.4 is 22.1 Å². The summed E-state index contributed by atoms with van der Waals surface area (Å²) in [4.78, 5) is 32.3. The van der Waals surface area contributed by atoms with Gasteiger partial charge in [0, 0.05) is 19.5 Å². The molecule has 0 spiro atoms. The second kappa shape index (κ2) is 7.46. The topological polar surface area (TPSA) is 148 Å². The number of carboxylic acids is 1. The van der Waals surface area contributed by atoms with Gasteiger partial charge in [0.2, 0.25) is 5.91 Å². The fraction of sp³-hybridized carbons (Fsp3) is 0.625. The number of urea groups is 1. The molecule has 0 heterocycles. The van der Waals surface area contributed by atoms with Crippen LogP contribution in [0, 0.1) is 0 Å². The Kier molecular flexibility index (Phi) is 6.61. The molecule has 0 radical (unpaired) electrons. The van der Waals surface area contributed by atoms with Gasteiger partial charge >= 0.3 is 12.0 Å². The molecule has 92 valence electrons. The number of amides is 3. The van der Waals surface area contributed by atoms with Crippen molar-refractivity contribution in [2.45, 2.75) is 18.9 Å². The highest BCUT2D eigenvalue weighted by Crippen LogP contribution is 1.97. The molecule has 0 saturated heterocycles. The van der Waals surface area contributed by atoms with Crippen molar-refractivity contribution in [1.82, 2.24) is 10.6 Å². The molecular formula is C8H16N4O4. The third-order valence-electron chi connectivity index (χ3n) is 1.71. The van der Waals surface area contributed by atoms with Gasteiger partial charge in [0.25, 0.3) is 0 Å². The number of rotatable bonds is 7. The van der Waals surface area contributed by atoms with E-state index in [9.17, 15) is 14.4 Å². The summed E-state index contributed by atoms with van der Waals surface area (Å²) in [6.45, 7) is 0.500. The van der Waals surface area contributed by atoms with Crippen LogP contribution in [0.2, 0.25) is 0 Å². The van der Waals surface area contributed by atoms with E-state index in [1.165, 1.54) is 0 Å². The van der Waals surface area contributed by atoms with Gasteiger partial charge in [-0.3, -0.25) is 4.79 Å². The van der Waals surface area contributed by atoms with Crippen LogP contribution in [0.25, 0.3) is 0 Å². The Morgan fingerprint density at radius 3 is 2.38 bits per heavy atom. The van der Waals surface area contributed by atoms with E-state index < -0.39 is 23.9 Å². The van der Waals surface area contributed by atoms with E-state index in [0.717, 1.165) is 0 Å². The van der Waals surface area contributed by atoms with Gasteiger partial charge in [-0.25, -0.2) is 9.59 Å². The van der Waals surface area contributed by atoms with Crippen LogP contribution in [0.3, 0.4) is 0 Å². The van der Waals surface area contributed by atoms with Crippen molar-refractivity contribution in [3.8, 4) is 0 Å². The molecule has 0 aromatic carbocycles. The third-order valence-corrected chi connectivity index (χ3v) is 1.71. The predicted octanol–water partition coefficient (Wildman–Crippen LogP) is -2.04. The average molecular weight is 232 g/mol. The van der Waals surface area contributed by atoms with Crippen LogP contribution in [-0.2, 0) is 9.59 Å². The van der Waals surface area contributed by atoms with Crippen molar-refractivity contribution >= 4 is 17.9 Å². The number of primary amides is 1. The summed E-state index contributed by atoms with van der Waals surface area (Å²) >= 11 is 0. The molecule has 3 amide bonds. The van der Waals surface area contributed by atoms with Gasteiger partial charge in [0.05, 0.1) is 0 Å². The minimum atomic E-state index is -1.22. The predicted molar refractivity (Wildman–Crippen MR) is 55.4 cm³/mol. The number of aliphatic carboxylic acids is 1. The third kappa shape index (κ3) is 6.60. The monoisotopic (exact) mass is 232 g/mol. The zero-order valence-electron chi connectivity index (χ0n) is 8.73. The lowest BCUT2D eigenvalue weighted by atomic mass is 10.1. The Balaban J connectivity index is 4.07. The number of hydrogen-bond acceptors (Lipinski definition) is 4. The number of nitrogens with two attached hydrogens (primary N) is 2. The quantitative estimate of drug-likeness (QED) is 0.343. The average Bonchev–Trinajstić information content (AvgIpc) is 2.20. The lowest BCUT2D eigenvalue weighted by Gasteiger charge is -2.13. The van der Waals surface area contributed by atoms with Crippen LogP contribution >= 0.6 is 0 Å². The molecule has 0 aliphatic rings. The first-order valence-corrected chi connectivity index (χ1v) is 4.73. The van der Waals surface area contributed by atoms with Crippen molar-refractivity contribution in [2.75, 3.05) is 13.1 Å². The number of carboxylic acid groups (broad SMARTS) is 1. The molecule has 0 bridgehead atoms. The van der Waals surface area contributed by atoms with Gasteiger partial charge in [0.15, 0.2) is 0 Å². The Bertz CT molecular complexity index is 269. The Hall–Kier alpha value is -1.83. The van der Waals surface area contributed by atoms with E-state index in [1.54, 1.807) is 0 Å². The number of hydrogen-bond donors (Lipinski definition) is 5. The zero-order valence-corrected chi connectivity index (χ0v) is 8.73. The van der Waals surface area contributed by atoms with Crippen molar-refractivity contribution in [3.05, 3.63) is 0 Å². The molecule has 0 fully saturated rings. The smallest absolute Gasteiger partial charge is 0.326 e. The van der Waals surface area contributed by atoms with Gasteiger partial charge in [-0.15, -0.1) is 0 Å². The van der Waals surface area contributed by atoms with E-state index in [1.807, 2.05) is 0 Å². The Morgan fingerprint density at radius 1 is 1.31 bits per heavy atom. The van der Waals surface area contributed by atoms with Crippen molar-refractivity contribution in [3.63, 3.8) is 0 Å². The second-order valence-electron chi connectivity index (χ2n) is 3.08. The summed E-state index contributed by atoms with van der Waals surface area (Å²) in [5, 5.41) is 13.3. The SMILES string of the molecule is NCCNC(=O)N[C@@H](CCC(N)=O)C(=O)O. The fourth-order valence-electron chi connectivity index (χ4n) is 0.939. The van der Waals surface area contributed by atoms with Crippen molar-refractivity contribution in [2.24, 2.45) is 11.5 Å². The normalized spacial score (nSPS) is 11.6. The van der Waals surface area contributed by atoms with Gasteiger partial charge in [-0.05, 0) is 6.42 Å². The summed E-state index contributed by atoms with van der Waals surface area (Å²) in [6, 6.07) is -1.77. The summed E-state index contributed by atoms with van der Waals surface area (Å²) in [5.41, 5.74) is 10.0. The maximum Gasteiger partial charge on any atom is 0.326 e. The maximum atomic E-state index is 11.1. The Labute approximate surface area is 92.4 Å². The molecule has 0 aliphatic carbocycles. The van der Waals surface area contributed by atoms with Crippen LogP contribution in [0.4, 0.5) is 4.79 Å². The zero-order chi connectivity index (χ0) is 12.6. The van der Waals surface area contributed by atoms with Gasteiger partial charge in [-0.1, -0.05) is 0 Å². The number of carbonyl (C=O) groups excluding carboxylic acids is 2. The highest BCUT2D eigenvalue weighted by Gasteiger charge is 2.19. The summed E-state index contributed by atoms with van der Waals surface area (Å²) in [6.07, 6.45) is -0.144. The first kappa shape index (κ1) is 14.2. The minimum absolute atomic E-state index is 0.0410. The van der Waals surface area contributed by atoms with Crippen molar-refractivity contribution in [1.29, 1.82) is 0 Å². The van der Waals surface area contributed by atoms with Gasteiger partial charge < -0.3 is 27.2 Å². The molecule has 0 aromatic heterocycles. The van der Waals surface area contributed by atoms with Gasteiger partial charge in [0.1, 0.15) is 6.04 Å². The highest BCUT2D eigenvalue weighted by molar-refractivity contribution is 5.83. The van der Waals surface area contributed by atoms with Crippen LogP contribution in [-0.4, -0.2) is 42.1 Å². The summed E-state index contributed by atoms with van der Waals surface area (Å²) in [7, 11) is 0.